The molecule has 6 nitrogen and oxygen atoms in total. The van der Waals surface area contributed by atoms with Crippen LogP contribution in [0.3, 0.4) is 0 Å². The van der Waals surface area contributed by atoms with E-state index in [9.17, 15) is 12.8 Å². The van der Waals surface area contributed by atoms with Gasteiger partial charge < -0.3 is 15.5 Å². The topological polar surface area (TPSA) is 79.0 Å². The zero-order valence-corrected chi connectivity index (χ0v) is 18.7. The van der Waals surface area contributed by atoms with Crippen molar-refractivity contribution in [2.24, 2.45) is 10.7 Å². The number of hydrogen-bond acceptors (Lipinski definition) is 4. The minimum Gasteiger partial charge on any atom is -0.370 e. The van der Waals surface area contributed by atoms with E-state index >= 15 is 0 Å². The number of guanidine groups is 1. The number of nitrogens with zero attached hydrogens (tertiary/aromatic N) is 3. The van der Waals surface area contributed by atoms with Gasteiger partial charge in [0, 0.05) is 38.1 Å². The molecular weight excluding hydrogens is 494 g/mol. The largest absolute Gasteiger partial charge is 0.370 e. The average molecular weight is 518 g/mol. The number of rotatable bonds is 4. The first-order chi connectivity index (χ1) is 12.8. The highest BCUT2D eigenvalue weighted by Crippen LogP contribution is 2.17. The van der Waals surface area contributed by atoms with Gasteiger partial charge in [0.05, 0.1) is 11.4 Å². The molecule has 1 fully saturated rings. The minimum absolute atomic E-state index is 0. The molecule has 1 saturated heterocycles. The number of benzene rings is 2. The van der Waals surface area contributed by atoms with Crippen LogP contribution in [0.5, 0.6) is 0 Å². The van der Waals surface area contributed by atoms with Crippen molar-refractivity contribution >= 4 is 45.5 Å². The van der Waals surface area contributed by atoms with E-state index in [0.29, 0.717) is 17.4 Å². The van der Waals surface area contributed by atoms with Crippen LogP contribution in [-0.4, -0.2) is 51.7 Å². The molecule has 152 valence electrons. The quantitative estimate of drug-likeness (QED) is 0.383. The molecule has 2 aromatic carbocycles. The number of hydrogen-bond donors (Lipinski definition) is 1. The number of aliphatic imine (C=N–C) groups is 1. The number of nitrogens with two attached hydrogens (primary N) is 1. The summed E-state index contributed by atoms with van der Waals surface area (Å²) in [6, 6.07) is 13.2. The van der Waals surface area contributed by atoms with Crippen LogP contribution in [-0.2, 0) is 16.4 Å². The van der Waals surface area contributed by atoms with Gasteiger partial charge in [-0.3, -0.25) is 0 Å². The van der Waals surface area contributed by atoms with E-state index in [0.717, 1.165) is 37.4 Å². The molecular formula is C19H24FIN4O2S. The Hall–Kier alpha value is -1.88. The highest BCUT2D eigenvalue weighted by molar-refractivity contribution is 14.0. The summed E-state index contributed by atoms with van der Waals surface area (Å²) in [5.41, 5.74) is 8.01. The summed E-state index contributed by atoms with van der Waals surface area (Å²) >= 11 is 0. The molecule has 1 aliphatic rings. The summed E-state index contributed by atoms with van der Waals surface area (Å²) in [6.07, 6.45) is 1.18. The molecule has 0 radical (unpaired) electrons. The third-order valence-corrected chi connectivity index (χ3v) is 5.70. The third kappa shape index (κ3) is 5.81. The Kier molecular flexibility index (Phi) is 7.64. The normalized spacial score (nSPS) is 15.3. The molecule has 0 amide bonds. The van der Waals surface area contributed by atoms with E-state index in [-0.39, 0.29) is 29.8 Å². The maximum Gasteiger partial charge on any atom is 0.191 e. The maximum atomic E-state index is 13.0. The van der Waals surface area contributed by atoms with Crippen molar-refractivity contribution < 1.29 is 12.8 Å². The smallest absolute Gasteiger partial charge is 0.191 e. The highest BCUT2D eigenvalue weighted by atomic mass is 127. The van der Waals surface area contributed by atoms with E-state index in [1.54, 1.807) is 36.4 Å². The minimum atomic E-state index is -3.19. The average Bonchev–Trinajstić information content (AvgIpc) is 2.66. The van der Waals surface area contributed by atoms with Gasteiger partial charge in [0.1, 0.15) is 5.82 Å². The van der Waals surface area contributed by atoms with E-state index in [1.807, 2.05) is 4.90 Å². The van der Waals surface area contributed by atoms with Gasteiger partial charge in [0.2, 0.25) is 0 Å². The number of anilines is 1. The Morgan fingerprint density at radius 1 is 1.04 bits per heavy atom. The summed E-state index contributed by atoms with van der Waals surface area (Å²) in [5.74, 6) is 0.235. The Bertz CT molecular complexity index is 910. The van der Waals surface area contributed by atoms with Gasteiger partial charge in [0.15, 0.2) is 15.8 Å². The lowest BCUT2D eigenvalue weighted by Crippen LogP contribution is -2.51. The first-order valence-electron chi connectivity index (χ1n) is 8.67. The zero-order valence-electron chi connectivity index (χ0n) is 15.6. The second-order valence-corrected chi connectivity index (χ2v) is 8.56. The van der Waals surface area contributed by atoms with Crippen LogP contribution in [0.25, 0.3) is 0 Å². The van der Waals surface area contributed by atoms with E-state index in [2.05, 4.69) is 9.89 Å². The molecule has 0 unspecified atom stereocenters. The standard InChI is InChI=1S/C19H23FN4O2S.HI/c1-27(25,26)18-8-2-15(3-9-18)14-22-19(21)24-12-10-23(11-13-24)17-6-4-16(20)5-7-17;/h2-9H,10-14H2,1H3,(H2,21,22);1H. The summed E-state index contributed by atoms with van der Waals surface area (Å²) < 4.78 is 36.0. The van der Waals surface area contributed by atoms with Gasteiger partial charge in [-0.2, -0.15) is 0 Å². The Balaban J connectivity index is 0.00000280. The van der Waals surface area contributed by atoms with Crippen molar-refractivity contribution in [2.75, 3.05) is 37.3 Å². The summed E-state index contributed by atoms with van der Waals surface area (Å²) in [6.45, 7) is 3.43. The molecule has 9 heteroatoms. The van der Waals surface area contributed by atoms with E-state index in [4.69, 9.17) is 5.73 Å². The summed E-state index contributed by atoms with van der Waals surface area (Å²) in [5, 5.41) is 0. The van der Waals surface area contributed by atoms with Crippen molar-refractivity contribution in [3.63, 3.8) is 0 Å². The monoisotopic (exact) mass is 518 g/mol. The van der Waals surface area contributed by atoms with Crippen molar-refractivity contribution in [1.82, 2.24) is 4.90 Å². The second-order valence-electron chi connectivity index (χ2n) is 6.54. The maximum absolute atomic E-state index is 13.0. The Labute approximate surface area is 182 Å². The number of sulfone groups is 1. The fraction of sp³-hybridized carbons (Fsp3) is 0.316. The lowest BCUT2D eigenvalue weighted by atomic mass is 10.2. The molecule has 1 heterocycles. The van der Waals surface area contributed by atoms with Gasteiger partial charge in [-0.1, -0.05) is 12.1 Å². The first kappa shape index (κ1) is 22.4. The molecule has 0 spiro atoms. The number of piperazine rings is 1. The molecule has 2 aromatic rings. The lowest BCUT2D eigenvalue weighted by Gasteiger charge is -2.36. The Morgan fingerprint density at radius 2 is 1.61 bits per heavy atom. The molecule has 0 aromatic heterocycles. The van der Waals surface area contributed by atoms with Crippen LogP contribution in [0.15, 0.2) is 58.4 Å². The SMILES string of the molecule is CS(=O)(=O)c1ccc(CN=C(N)N2CCN(c3ccc(F)cc3)CC2)cc1.I. The van der Waals surface area contributed by atoms with Gasteiger partial charge in [0.25, 0.3) is 0 Å². The van der Waals surface area contributed by atoms with E-state index in [1.165, 1.54) is 18.4 Å². The van der Waals surface area contributed by atoms with Crippen molar-refractivity contribution in [1.29, 1.82) is 0 Å². The third-order valence-electron chi connectivity index (χ3n) is 4.57. The van der Waals surface area contributed by atoms with Crippen molar-refractivity contribution in [3.8, 4) is 0 Å². The fourth-order valence-corrected chi connectivity index (χ4v) is 3.59. The van der Waals surface area contributed by atoms with Crippen LogP contribution in [0.1, 0.15) is 5.56 Å². The first-order valence-corrected chi connectivity index (χ1v) is 10.6. The van der Waals surface area contributed by atoms with Crippen LogP contribution >= 0.6 is 24.0 Å². The molecule has 0 atom stereocenters. The predicted octanol–water partition coefficient (Wildman–Crippen LogP) is 2.48. The van der Waals surface area contributed by atoms with Crippen LogP contribution in [0.2, 0.25) is 0 Å². The predicted molar refractivity (Wildman–Crippen MR) is 120 cm³/mol. The molecule has 2 N–H and O–H groups in total. The second kappa shape index (κ2) is 9.55. The van der Waals surface area contributed by atoms with Gasteiger partial charge in [-0.05, 0) is 42.0 Å². The van der Waals surface area contributed by atoms with Gasteiger partial charge >= 0.3 is 0 Å². The highest BCUT2D eigenvalue weighted by Gasteiger charge is 2.18. The fourth-order valence-electron chi connectivity index (χ4n) is 2.96. The Morgan fingerprint density at radius 3 is 2.14 bits per heavy atom. The molecule has 28 heavy (non-hydrogen) atoms. The lowest BCUT2D eigenvalue weighted by molar-refractivity contribution is 0.380. The van der Waals surface area contributed by atoms with Crippen LogP contribution < -0.4 is 10.6 Å². The van der Waals surface area contributed by atoms with Crippen molar-refractivity contribution in [3.05, 3.63) is 59.9 Å². The molecule has 3 rings (SSSR count). The molecule has 1 aliphatic heterocycles. The zero-order chi connectivity index (χ0) is 19.4. The van der Waals surface area contributed by atoms with Crippen LogP contribution in [0.4, 0.5) is 10.1 Å². The van der Waals surface area contributed by atoms with Gasteiger partial charge in [-0.15, -0.1) is 24.0 Å². The van der Waals surface area contributed by atoms with Crippen LogP contribution in [0, 0.1) is 5.82 Å². The molecule has 0 saturated carbocycles. The summed E-state index contributed by atoms with van der Waals surface area (Å²) in [7, 11) is -3.19. The summed E-state index contributed by atoms with van der Waals surface area (Å²) in [4.78, 5) is 8.92. The van der Waals surface area contributed by atoms with E-state index < -0.39 is 9.84 Å². The number of halogens is 2. The van der Waals surface area contributed by atoms with Gasteiger partial charge in [-0.25, -0.2) is 17.8 Å². The molecule has 0 aliphatic carbocycles. The molecule has 0 bridgehead atoms. The van der Waals surface area contributed by atoms with Crippen molar-refractivity contribution in [2.45, 2.75) is 11.4 Å².